The molecule has 0 unspecified atom stereocenters. The number of fused-ring (bicyclic) bond motifs is 2. The van der Waals surface area contributed by atoms with E-state index in [0.717, 1.165) is 40.6 Å². The maximum atomic E-state index is 12.6. The molecule has 1 atom stereocenters. The molecule has 6 nitrogen and oxygen atoms in total. The van der Waals surface area contributed by atoms with Crippen molar-refractivity contribution in [3.05, 3.63) is 46.6 Å². The summed E-state index contributed by atoms with van der Waals surface area (Å²) in [5.41, 5.74) is 3.40. The number of morpholine rings is 1. The zero-order valence-corrected chi connectivity index (χ0v) is 17.6. The molecule has 0 saturated carbocycles. The highest BCUT2D eigenvalue weighted by molar-refractivity contribution is 7.17. The fourth-order valence-corrected chi connectivity index (χ4v) is 5.40. The van der Waals surface area contributed by atoms with E-state index >= 15 is 0 Å². The molecule has 5 rings (SSSR count). The molecule has 4 heterocycles. The van der Waals surface area contributed by atoms with Gasteiger partial charge in [-0.2, -0.15) is 0 Å². The third-order valence-electron chi connectivity index (χ3n) is 5.87. The summed E-state index contributed by atoms with van der Waals surface area (Å²) in [6, 6.07) is 8.59. The van der Waals surface area contributed by atoms with Crippen molar-refractivity contribution in [3.63, 3.8) is 0 Å². The highest BCUT2D eigenvalue weighted by Gasteiger charge is 2.33. The minimum absolute atomic E-state index is 0.00997. The van der Waals surface area contributed by atoms with Crippen LogP contribution in [0.3, 0.4) is 0 Å². The van der Waals surface area contributed by atoms with Crippen molar-refractivity contribution in [1.82, 2.24) is 15.3 Å². The maximum absolute atomic E-state index is 12.6. The average molecular weight is 411 g/mol. The Bertz CT molecular complexity index is 1050. The predicted octanol–water partition coefficient (Wildman–Crippen LogP) is 3.38. The number of aromatic nitrogens is 2. The van der Waals surface area contributed by atoms with E-state index in [4.69, 9.17) is 9.72 Å². The highest BCUT2D eigenvalue weighted by Crippen LogP contribution is 2.35. The number of hydrogen-bond donors (Lipinski definition) is 2. The van der Waals surface area contributed by atoms with Gasteiger partial charge in [-0.05, 0) is 29.9 Å². The number of nitrogens with one attached hydrogen (secondary N) is 2. The topological polar surface area (TPSA) is 70.2 Å². The summed E-state index contributed by atoms with van der Waals surface area (Å²) in [7, 11) is 0. The molecule has 2 aliphatic heterocycles. The quantitative estimate of drug-likeness (QED) is 0.694. The van der Waals surface area contributed by atoms with Gasteiger partial charge in [-0.25, -0.2) is 4.98 Å². The van der Waals surface area contributed by atoms with Crippen molar-refractivity contribution in [2.45, 2.75) is 32.7 Å². The third-order valence-corrected chi connectivity index (χ3v) is 7.00. The van der Waals surface area contributed by atoms with Crippen molar-refractivity contribution in [2.75, 3.05) is 31.2 Å². The first-order chi connectivity index (χ1) is 14.0. The lowest BCUT2D eigenvalue weighted by Crippen LogP contribution is -2.46. The number of rotatable bonds is 3. The summed E-state index contributed by atoms with van der Waals surface area (Å²) in [6.45, 7) is 7.19. The second-order valence-electron chi connectivity index (χ2n) is 8.78. The Labute approximate surface area is 174 Å². The molecule has 7 heteroatoms. The lowest BCUT2D eigenvalue weighted by atomic mass is 9.88. The van der Waals surface area contributed by atoms with Crippen LogP contribution in [0.1, 0.15) is 34.8 Å². The van der Waals surface area contributed by atoms with Crippen LogP contribution in [0.4, 0.5) is 5.13 Å². The Morgan fingerprint density at radius 1 is 1.34 bits per heavy atom. The standard InChI is InChI=1S/C22H26N4O2S/c1-22(2)10-18-19(20(27)24-13-22)29-21(25-18)26-7-8-28-12-15(26)9-14-11-23-17-6-4-3-5-16(14)17/h3-6,11,15,23H,7-10,12-13H2,1-2H3,(H,24,27)/t15-/m1/s1. The molecule has 2 aromatic heterocycles. The minimum atomic E-state index is 0.00997. The molecule has 0 spiro atoms. The molecule has 2 aliphatic rings. The normalized spacial score (nSPS) is 21.7. The number of H-pyrrole nitrogens is 1. The second kappa shape index (κ2) is 7.15. The fraction of sp³-hybridized carbons (Fsp3) is 0.455. The molecule has 2 N–H and O–H groups in total. The maximum Gasteiger partial charge on any atom is 0.263 e. The van der Waals surface area contributed by atoms with E-state index in [9.17, 15) is 4.79 Å². The lowest BCUT2D eigenvalue weighted by molar-refractivity contribution is 0.0941. The van der Waals surface area contributed by atoms with Crippen LogP contribution in [0.15, 0.2) is 30.5 Å². The molecular weight excluding hydrogens is 384 g/mol. The summed E-state index contributed by atoms with van der Waals surface area (Å²) in [6.07, 6.45) is 3.80. The van der Waals surface area contributed by atoms with Crippen molar-refractivity contribution >= 4 is 33.3 Å². The van der Waals surface area contributed by atoms with Gasteiger partial charge in [0.15, 0.2) is 5.13 Å². The average Bonchev–Trinajstić information content (AvgIpc) is 3.28. The van der Waals surface area contributed by atoms with E-state index in [-0.39, 0.29) is 17.4 Å². The van der Waals surface area contributed by atoms with Gasteiger partial charge in [-0.3, -0.25) is 4.79 Å². The predicted molar refractivity (Wildman–Crippen MR) is 116 cm³/mol. The van der Waals surface area contributed by atoms with Gasteiger partial charge in [-0.15, -0.1) is 0 Å². The zero-order chi connectivity index (χ0) is 20.0. The second-order valence-corrected chi connectivity index (χ2v) is 9.76. The number of carbonyl (C=O) groups is 1. The van der Waals surface area contributed by atoms with E-state index in [1.54, 1.807) is 0 Å². The molecule has 1 saturated heterocycles. The summed E-state index contributed by atoms with van der Waals surface area (Å²) < 4.78 is 5.82. The van der Waals surface area contributed by atoms with Gasteiger partial charge in [0.1, 0.15) is 4.88 Å². The Balaban J connectivity index is 1.45. The summed E-state index contributed by atoms with van der Waals surface area (Å²) in [4.78, 5) is 24.0. The SMILES string of the molecule is CC1(C)CNC(=O)c2sc(N3CCOC[C@H]3Cc3c[nH]c4ccccc34)nc2C1. The first-order valence-electron chi connectivity index (χ1n) is 10.2. The van der Waals surface area contributed by atoms with Crippen molar-refractivity contribution in [1.29, 1.82) is 0 Å². The Morgan fingerprint density at radius 2 is 2.21 bits per heavy atom. The van der Waals surface area contributed by atoms with Gasteiger partial charge in [0.25, 0.3) is 5.91 Å². The Kier molecular flexibility index (Phi) is 4.59. The van der Waals surface area contributed by atoms with Gasteiger partial charge >= 0.3 is 0 Å². The number of anilines is 1. The molecule has 0 aliphatic carbocycles. The number of aromatic amines is 1. The van der Waals surface area contributed by atoms with Crippen LogP contribution in [0.5, 0.6) is 0 Å². The van der Waals surface area contributed by atoms with Crippen LogP contribution < -0.4 is 10.2 Å². The van der Waals surface area contributed by atoms with E-state index in [1.807, 2.05) is 6.07 Å². The highest BCUT2D eigenvalue weighted by atomic mass is 32.1. The molecule has 0 radical (unpaired) electrons. The number of nitrogens with zero attached hydrogens (tertiary/aromatic N) is 2. The van der Waals surface area contributed by atoms with Crippen molar-refractivity contribution in [3.8, 4) is 0 Å². The number of amides is 1. The molecular formula is C22H26N4O2S. The summed E-state index contributed by atoms with van der Waals surface area (Å²) >= 11 is 1.52. The van der Waals surface area contributed by atoms with Crippen LogP contribution in [0, 0.1) is 5.41 Å². The third kappa shape index (κ3) is 3.53. The molecule has 1 amide bonds. The molecule has 29 heavy (non-hydrogen) atoms. The summed E-state index contributed by atoms with van der Waals surface area (Å²) in [5, 5.41) is 5.26. The van der Waals surface area contributed by atoms with Crippen LogP contribution in [-0.4, -0.2) is 48.2 Å². The van der Waals surface area contributed by atoms with Gasteiger partial charge in [-0.1, -0.05) is 43.4 Å². The molecule has 3 aromatic rings. The molecule has 152 valence electrons. The fourth-order valence-electron chi connectivity index (χ4n) is 4.31. The number of thiazole rings is 1. The van der Waals surface area contributed by atoms with Gasteiger partial charge in [0.05, 0.1) is 24.9 Å². The van der Waals surface area contributed by atoms with E-state index in [2.05, 4.69) is 53.4 Å². The van der Waals surface area contributed by atoms with Crippen LogP contribution in [0.25, 0.3) is 10.9 Å². The largest absolute Gasteiger partial charge is 0.377 e. The van der Waals surface area contributed by atoms with Crippen molar-refractivity contribution < 1.29 is 9.53 Å². The molecule has 1 aromatic carbocycles. The molecule has 0 bridgehead atoms. The number of benzene rings is 1. The molecule has 1 fully saturated rings. The smallest absolute Gasteiger partial charge is 0.263 e. The monoisotopic (exact) mass is 410 g/mol. The van der Waals surface area contributed by atoms with Gasteiger partial charge < -0.3 is 19.9 Å². The Morgan fingerprint density at radius 3 is 3.10 bits per heavy atom. The van der Waals surface area contributed by atoms with Crippen LogP contribution >= 0.6 is 11.3 Å². The van der Waals surface area contributed by atoms with Crippen LogP contribution in [0.2, 0.25) is 0 Å². The minimum Gasteiger partial charge on any atom is -0.377 e. The lowest BCUT2D eigenvalue weighted by Gasteiger charge is -2.35. The van der Waals surface area contributed by atoms with Gasteiger partial charge in [0.2, 0.25) is 0 Å². The van der Waals surface area contributed by atoms with E-state index in [1.165, 1.54) is 22.3 Å². The first-order valence-corrected chi connectivity index (χ1v) is 11.0. The number of hydrogen-bond acceptors (Lipinski definition) is 5. The van der Waals surface area contributed by atoms with Crippen molar-refractivity contribution in [2.24, 2.45) is 5.41 Å². The number of carbonyl (C=O) groups excluding carboxylic acids is 1. The van der Waals surface area contributed by atoms with Gasteiger partial charge in [0, 0.05) is 30.2 Å². The number of ether oxygens (including phenoxy) is 1. The first kappa shape index (κ1) is 18.6. The number of para-hydroxylation sites is 1. The van der Waals surface area contributed by atoms with E-state index in [0.29, 0.717) is 19.8 Å². The van der Waals surface area contributed by atoms with E-state index < -0.39 is 0 Å². The zero-order valence-electron chi connectivity index (χ0n) is 16.8. The Hall–Kier alpha value is -2.38. The summed E-state index contributed by atoms with van der Waals surface area (Å²) in [5.74, 6) is 0.00997. The van der Waals surface area contributed by atoms with Crippen LogP contribution in [-0.2, 0) is 17.6 Å².